The van der Waals surface area contributed by atoms with E-state index in [1.54, 1.807) is 4.90 Å². The molecule has 0 spiro atoms. The summed E-state index contributed by atoms with van der Waals surface area (Å²) < 4.78 is 11.3. The molecule has 1 aromatic carbocycles. The Morgan fingerprint density at radius 3 is 2.43 bits per heavy atom. The second-order valence-electron chi connectivity index (χ2n) is 5.89. The maximum atomic E-state index is 6.03. The number of halogens is 1. The molecule has 0 saturated carbocycles. The number of nitrogens with one attached hydrogen (secondary N) is 1. The summed E-state index contributed by atoms with van der Waals surface area (Å²) in [5, 5.41) is 0.783. The summed E-state index contributed by atoms with van der Waals surface area (Å²) in [4.78, 5) is 1.69. The Morgan fingerprint density at radius 2 is 1.76 bits per heavy atom. The van der Waals surface area contributed by atoms with E-state index < -0.39 is 0 Å². The predicted molar refractivity (Wildman–Crippen MR) is 86.7 cm³/mol. The summed E-state index contributed by atoms with van der Waals surface area (Å²) in [5.74, 6) is 0.998. The van der Waals surface area contributed by atoms with Crippen LogP contribution in [0.1, 0.15) is 30.4 Å². The van der Waals surface area contributed by atoms with Crippen LogP contribution in [0.25, 0.3) is 0 Å². The summed E-state index contributed by atoms with van der Waals surface area (Å²) in [5.41, 5.74) is 2.25. The first-order valence-corrected chi connectivity index (χ1v) is 8.35. The van der Waals surface area contributed by atoms with E-state index >= 15 is 0 Å². The second-order valence-corrected chi connectivity index (χ2v) is 6.33. The zero-order valence-corrected chi connectivity index (χ0v) is 14.0. The van der Waals surface area contributed by atoms with Gasteiger partial charge in [-0.3, -0.25) is 0 Å². The molecule has 118 valence electrons. The fraction of sp³-hybridized carbons (Fsp3) is 0.647. The van der Waals surface area contributed by atoms with Crippen LogP contribution in [0.5, 0.6) is 5.75 Å². The van der Waals surface area contributed by atoms with Crippen molar-refractivity contribution in [3.8, 4) is 5.75 Å². The Kier molecular flexibility index (Phi) is 6.81. The van der Waals surface area contributed by atoms with Crippen molar-refractivity contribution in [2.45, 2.75) is 33.1 Å². The minimum Gasteiger partial charge on any atom is -0.493 e. The quantitative estimate of drug-likeness (QED) is 0.781. The molecule has 0 atom stereocenters. The minimum absolute atomic E-state index is 0.783. The number of rotatable bonds is 7. The SMILES string of the molecule is Cc1cc(Cl)cc(C)c1OCCCCC[NH+]1CCOCC1. The van der Waals surface area contributed by atoms with Gasteiger partial charge >= 0.3 is 0 Å². The molecule has 1 aliphatic rings. The van der Waals surface area contributed by atoms with Crippen molar-refractivity contribution >= 4 is 11.6 Å². The average Bonchev–Trinajstić information content (AvgIpc) is 2.45. The van der Waals surface area contributed by atoms with Crippen LogP contribution in [0.3, 0.4) is 0 Å². The number of hydrogen-bond donors (Lipinski definition) is 1. The van der Waals surface area contributed by atoms with Gasteiger partial charge in [-0.2, -0.15) is 0 Å². The van der Waals surface area contributed by atoms with Gasteiger partial charge < -0.3 is 14.4 Å². The van der Waals surface area contributed by atoms with Crippen LogP contribution in [0.2, 0.25) is 5.02 Å². The van der Waals surface area contributed by atoms with Gasteiger partial charge in [0.2, 0.25) is 0 Å². The molecule has 0 radical (unpaired) electrons. The number of aryl methyl sites for hydroxylation is 2. The lowest BCUT2D eigenvalue weighted by atomic mass is 10.1. The van der Waals surface area contributed by atoms with Gasteiger partial charge in [-0.15, -0.1) is 0 Å². The van der Waals surface area contributed by atoms with Crippen molar-refractivity contribution < 1.29 is 14.4 Å². The number of hydrogen-bond acceptors (Lipinski definition) is 2. The van der Waals surface area contributed by atoms with E-state index in [1.807, 2.05) is 12.1 Å². The van der Waals surface area contributed by atoms with Crippen LogP contribution in [0.4, 0.5) is 0 Å². The Bertz CT molecular complexity index is 421. The van der Waals surface area contributed by atoms with Crippen LogP contribution >= 0.6 is 11.6 Å². The highest BCUT2D eigenvalue weighted by molar-refractivity contribution is 6.30. The smallest absolute Gasteiger partial charge is 0.125 e. The van der Waals surface area contributed by atoms with Crippen molar-refractivity contribution in [2.75, 3.05) is 39.5 Å². The maximum absolute atomic E-state index is 6.03. The Hall–Kier alpha value is -0.770. The third-order valence-corrected chi connectivity index (χ3v) is 4.26. The molecule has 1 aliphatic heterocycles. The van der Waals surface area contributed by atoms with Crippen molar-refractivity contribution in [1.82, 2.24) is 0 Å². The normalized spacial score (nSPS) is 16.1. The fourth-order valence-electron chi connectivity index (χ4n) is 2.86. The highest BCUT2D eigenvalue weighted by Crippen LogP contribution is 2.27. The molecule has 0 bridgehead atoms. The predicted octanol–water partition coefficient (Wildman–Crippen LogP) is 2.42. The molecule has 0 aliphatic carbocycles. The molecular weight excluding hydrogens is 286 g/mol. The van der Waals surface area contributed by atoms with E-state index in [-0.39, 0.29) is 0 Å². The van der Waals surface area contributed by atoms with Crippen molar-refractivity contribution in [3.63, 3.8) is 0 Å². The second kappa shape index (κ2) is 8.62. The molecule has 1 saturated heterocycles. The number of quaternary nitrogens is 1. The van der Waals surface area contributed by atoms with E-state index in [1.165, 1.54) is 32.5 Å². The standard InChI is InChI=1S/C17H26ClNO2/c1-14-12-16(18)13-15(2)17(14)21-9-5-3-4-6-19-7-10-20-11-8-19/h12-13H,3-11H2,1-2H3/p+1. The summed E-state index contributed by atoms with van der Waals surface area (Å²) in [6, 6.07) is 3.93. The van der Waals surface area contributed by atoms with Crippen LogP contribution in [0, 0.1) is 13.8 Å². The highest BCUT2D eigenvalue weighted by atomic mass is 35.5. The summed E-state index contributed by atoms with van der Waals surface area (Å²) in [6.45, 7) is 10.3. The van der Waals surface area contributed by atoms with Gasteiger partial charge in [-0.05, 0) is 56.4 Å². The summed E-state index contributed by atoms with van der Waals surface area (Å²) >= 11 is 6.03. The first-order valence-electron chi connectivity index (χ1n) is 7.97. The molecular formula is C17H27ClNO2+. The van der Waals surface area contributed by atoms with Gasteiger partial charge in [-0.1, -0.05) is 11.6 Å². The lowest BCUT2D eigenvalue weighted by Gasteiger charge is -2.23. The van der Waals surface area contributed by atoms with Gasteiger partial charge in [-0.25, -0.2) is 0 Å². The zero-order valence-electron chi connectivity index (χ0n) is 13.2. The van der Waals surface area contributed by atoms with Crippen molar-refractivity contribution in [3.05, 3.63) is 28.3 Å². The van der Waals surface area contributed by atoms with Crippen LogP contribution < -0.4 is 9.64 Å². The molecule has 2 rings (SSSR count). The molecule has 3 nitrogen and oxygen atoms in total. The average molecular weight is 313 g/mol. The van der Waals surface area contributed by atoms with Crippen molar-refractivity contribution in [2.24, 2.45) is 0 Å². The molecule has 0 unspecified atom stereocenters. The first-order chi connectivity index (χ1) is 10.2. The molecule has 1 fully saturated rings. The molecule has 1 aromatic rings. The molecule has 0 aromatic heterocycles. The van der Waals surface area contributed by atoms with E-state index in [2.05, 4.69) is 13.8 Å². The van der Waals surface area contributed by atoms with Crippen LogP contribution in [-0.2, 0) is 4.74 Å². The Labute approximate surface area is 133 Å². The third kappa shape index (κ3) is 5.50. The van der Waals surface area contributed by atoms with Crippen LogP contribution in [-0.4, -0.2) is 39.5 Å². The molecule has 4 heteroatoms. The topological polar surface area (TPSA) is 22.9 Å². The summed E-state index contributed by atoms with van der Waals surface area (Å²) in [6.07, 6.45) is 3.62. The molecule has 0 amide bonds. The van der Waals surface area contributed by atoms with E-state index in [0.717, 1.165) is 48.1 Å². The molecule has 1 heterocycles. The lowest BCUT2D eigenvalue weighted by molar-refractivity contribution is -0.908. The third-order valence-electron chi connectivity index (χ3n) is 4.05. The molecule has 21 heavy (non-hydrogen) atoms. The number of morpholine rings is 1. The van der Waals surface area contributed by atoms with Gasteiger partial charge in [0, 0.05) is 5.02 Å². The Morgan fingerprint density at radius 1 is 1.10 bits per heavy atom. The fourth-order valence-corrected chi connectivity index (χ4v) is 3.19. The zero-order chi connectivity index (χ0) is 15.1. The summed E-state index contributed by atoms with van der Waals surface area (Å²) in [7, 11) is 0. The van der Waals surface area contributed by atoms with Crippen LogP contribution in [0.15, 0.2) is 12.1 Å². The van der Waals surface area contributed by atoms with Gasteiger partial charge in [0.15, 0.2) is 0 Å². The van der Waals surface area contributed by atoms with E-state index in [4.69, 9.17) is 21.1 Å². The largest absolute Gasteiger partial charge is 0.493 e. The van der Waals surface area contributed by atoms with Crippen molar-refractivity contribution in [1.29, 1.82) is 0 Å². The molecule has 1 N–H and O–H groups in total. The van der Waals surface area contributed by atoms with Gasteiger partial charge in [0.25, 0.3) is 0 Å². The lowest BCUT2D eigenvalue weighted by Crippen LogP contribution is -3.14. The monoisotopic (exact) mass is 312 g/mol. The minimum atomic E-state index is 0.783. The van der Waals surface area contributed by atoms with Gasteiger partial charge in [0.1, 0.15) is 18.8 Å². The maximum Gasteiger partial charge on any atom is 0.125 e. The van der Waals surface area contributed by atoms with Gasteiger partial charge in [0.05, 0.1) is 26.4 Å². The number of ether oxygens (including phenoxy) is 2. The first kappa shape index (κ1) is 16.6. The van der Waals surface area contributed by atoms with E-state index in [0.29, 0.717) is 0 Å². The Balaban J connectivity index is 1.61. The number of unbranched alkanes of at least 4 members (excludes halogenated alkanes) is 2. The highest BCUT2D eigenvalue weighted by Gasteiger charge is 2.12. The van der Waals surface area contributed by atoms with E-state index in [9.17, 15) is 0 Å². The number of benzene rings is 1.